The highest BCUT2D eigenvalue weighted by Gasteiger charge is 2.37. The van der Waals surface area contributed by atoms with Gasteiger partial charge in [-0.05, 0) is 65.2 Å². The summed E-state index contributed by atoms with van der Waals surface area (Å²) in [7, 11) is 6.59. The van der Waals surface area contributed by atoms with E-state index in [9.17, 15) is 5.11 Å². The summed E-state index contributed by atoms with van der Waals surface area (Å²) < 4.78 is 27.7. The van der Waals surface area contributed by atoms with Crippen LogP contribution in [0.25, 0.3) is 0 Å². The minimum Gasteiger partial charge on any atom is -0.497 e. The molecule has 200 valence electrons. The second kappa shape index (κ2) is 12.6. The van der Waals surface area contributed by atoms with Gasteiger partial charge in [0.1, 0.15) is 28.8 Å². The smallest absolute Gasteiger partial charge is 0.173 e. The first-order chi connectivity index (χ1) is 18.5. The van der Waals surface area contributed by atoms with Crippen LogP contribution in [0.3, 0.4) is 0 Å². The molecule has 38 heavy (non-hydrogen) atoms. The summed E-state index contributed by atoms with van der Waals surface area (Å²) in [6.07, 6.45) is 0. The average Bonchev–Trinajstić information content (AvgIpc) is 3.44. The topological polar surface area (TPSA) is 73.5 Å². The number of ether oxygens (including phenoxy) is 4. The zero-order valence-electron chi connectivity index (χ0n) is 22.3. The normalized spacial score (nSPS) is 11.5. The number of hydrogen-bond acceptors (Lipinski definition) is 7. The zero-order valence-corrected chi connectivity index (χ0v) is 22.3. The van der Waals surface area contributed by atoms with Gasteiger partial charge in [-0.25, -0.2) is 0 Å². The zero-order chi connectivity index (χ0) is 27.0. The molecule has 1 aromatic heterocycles. The molecule has 0 saturated heterocycles. The molecule has 4 aromatic rings. The maximum Gasteiger partial charge on any atom is 0.173 e. The Hall–Kier alpha value is -3.78. The molecule has 7 nitrogen and oxygen atoms in total. The molecule has 0 aliphatic carbocycles. The van der Waals surface area contributed by atoms with Crippen molar-refractivity contribution in [2.24, 2.45) is 0 Å². The van der Waals surface area contributed by atoms with Gasteiger partial charge >= 0.3 is 0 Å². The molecule has 0 aliphatic rings. The molecular formula is C31H35NO6. The number of furan rings is 1. The van der Waals surface area contributed by atoms with Crippen molar-refractivity contribution < 1.29 is 28.5 Å². The molecule has 0 bridgehead atoms. The molecule has 1 N–H and O–H groups in total. The predicted octanol–water partition coefficient (Wildman–Crippen LogP) is 5.24. The van der Waals surface area contributed by atoms with Crippen LogP contribution in [0.4, 0.5) is 0 Å². The molecule has 7 heteroatoms. The molecule has 0 fully saturated rings. The van der Waals surface area contributed by atoms with Crippen LogP contribution in [0.1, 0.15) is 28.2 Å². The Morgan fingerprint density at radius 1 is 0.711 bits per heavy atom. The molecule has 0 saturated carbocycles. The Kier molecular flexibility index (Phi) is 9.07. The summed E-state index contributed by atoms with van der Waals surface area (Å²) in [4.78, 5) is 2.24. The Balaban J connectivity index is 1.65. The highest BCUT2D eigenvalue weighted by molar-refractivity contribution is 5.46. The Morgan fingerprint density at radius 2 is 1.32 bits per heavy atom. The lowest BCUT2D eigenvalue weighted by Gasteiger charge is -2.28. The number of hydrogen-bond donors (Lipinski definition) is 1. The van der Waals surface area contributed by atoms with Gasteiger partial charge in [-0.15, -0.1) is 0 Å². The summed E-state index contributed by atoms with van der Waals surface area (Å²) in [6, 6.07) is 26.5. The van der Waals surface area contributed by atoms with E-state index in [1.54, 1.807) is 28.4 Å². The van der Waals surface area contributed by atoms with E-state index in [1.165, 1.54) is 0 Å². The van der Waals surface area contributed by atoms with Crippen molar-refractivity contribution in [2.45, 2.75) is 18.7 Å². The molecule has 0 atom stereocenters. The van der Waals surface area contributed by atoms with Crippen LogP contribution in [0.2, 0.25) is 0 Å². The van der Waals surface area contributed by atoms with Crippen LogP contribution < -0.4 is 14.2 Å². The van der Waals surface area contributed by atoms with E-state index in [4.69, 9.17) is 23.4 Å². The summed E-state index contributed by atoms with van der Waals surface area (Å²) in [6.45, 7) is 2.53. The van der Waals surface area contributed by atoms with Crippen LogP contribution in [0.5, 0.6) is 17.2 Å². The molecule has 0 aliphatic heterocycles. The highest BCUT2D eigenvalue weighted by atomic mass is 16.5. The summed E-state index contributed by atoms with van der Waals surface area (Å²) >= 11 is 0. The summed E-state index contributed by atoms with van der Waals surface area (Å²) in [5.41, 5.74) is 0.940. The van der Waals surface area contributed by atoms with E-state index in [-0.39, 0.29) is 0 Å². The highest BCUT2D eigenvalue weighted by Crippen LogP contribution is 2.39. The predicted molar refractivity (Wildman–Crippen MR) is 146 cm³/mol. The van der Waals surface area contributed by atoms with E-state index < -0.39 is 5.60 Å². The second-order valence-corrected chi connectivity index (χ2v) is 8.99. The molecule has 0 spiro atoms. The third kappa shape index (κ3) is 6.19. The maximum absolute atomic E-state index is 12.2. The number of nitrogens with zero attached hydrogens (tertiary/aromatic N) is 1. The lowest BCUT2D eigenvalue weighted by Crippen LogP contribution is -2.28. The van der Waals surface area contributed by atoms with Gasteiger partial charge in [-0.3, -0.25) is 4.90 Å². The Labute approximate surface area is 224 Å². The third-order valence-electron chi connectivity index (χ3n) is 6.57. The largest absolute Gasteiger partial charge is 0.497 e. The van der Waals surface area contributed by atoms with Gasteiger partial charge < -0.3 is 28.5 Å². The maximum atomic E-state index is 12.2. The molecular weight excluding hydrogens is 482 g/mol. The summed E-state index contributed by atoms with van der Waals surface area (Å²) in [5, 5.41) is 12.2. The van der Waals surface area contributed by atoms with E-state index in [2.05, 4.69) is 11.0 Å². The SMILES string of the molecule is COCCN(Cc1cccc(OC)c1)Cc1ccc(C(O)(c2ccc(OC)cc2)c2ccc(OC)cc2)o1. The lowest BCUT2D eigenvalue weighted by molar-refractivity contribution is 0.0931. The molecule has 0 unspecified atom stereocenters. The Bertz CT molecular complexity index is 1230. The fourth-order valence-electron chi connectivity index (χ4n) is 4.46. The average molecular weight is 518 g/mol. The van der Waals surface area contributed by atoms with E-state index >= 15 is 0 Å². The van der Waals surface area contributed by atoms with Crippen molar-refractivity contribution in [1.29, 1.82) is 0 Å². The molecule has 4 rings (SSSR count). The first-order valence-electron chi connectivity index (χ1n) is 12.4. The van der Waals surface area contributed by atoms with E-state index in [0.717, 1.165) is 17.1 Å². The number of benzene rings is 3. The number of rotatable bonds is 13. The standard InChI is InChI=1S/C31H35NO6/c1-34-19-18-32(21-23-6-5-7-28(20-23)37-4)22-29-16-17-30(38-29)31(33,24-8-12-26(35-2)13-9-24)25-10-14-27(36-3)15-11-25/h5-17,20,33H,18-19,21-22H2,1-4H3. The first-order valence-corrected chi connectivity index (χ1v) is 12.4. The van der Waals surface area contributed by atoms with Gasteiger partial charge in [0.15, 0.2) is 5.60 Å². The Morgan fingerprint density at radius 3 is 1.87 bits per heavy atom. The fraction of sp³-hybridized carbons (Fsp3) is 0.290. The lowest BCUT2D eigenvalue weighted by atomic mass is 9.84. The number of aliphatic hydroxyl groups is 1. The van der Waals surface area contributed by atoms with Gasteiger partial charge in [0.05, 0.1) is 34.5 Å². The van der Waals surface area contributed by atoms with Crippen molar-refractivity contribution in [1.82, 2.24) is 4.90 Å². The quantitative estimate of drug-likeness (QED) is 0.260. The van der Waals surface area contributed by atoms with Crippen molar-refractivity contribution in [2.75, 3.05) is 41.6 Å². The van der Waals surface area contributed by atoms with Crippen LogP contribution >= 0.6 is 0 Å². The number of methoxy groups -OCH3 is 4. The van der Waals surface area contributed by atoms with Crippen LogP contribution in [0.15, 0.2) is 89.3 Å². The van der Waals surface area contributed by atoms with Gasteiger partial charge in [0, 0.05) is 20.2 Å². The fourth-order valence-corrected chi connectivity index (χ4v) is 4.46. The second-order valence-electron chi connectivity index (χ2n) is 8.99. The molecule has 3 aromatic carbocycles. The van der Waals surface area contributed by atoms with Gasteiger partial charge in [0.25, 0.3) is 0 Å². The van der Waals surface area contributed by atoms with Crippen molar-refractivity contribution in [3.8, 4) is 17.2 Å². The minimum absolute atomic E-state index is 0.427. The summed E-state index contributed by atoms with van der Waals surface area (Å²) in [5.74, 6) is 3.39. The van der Waals surface area contributed by atoms with Crippen molar-refractivity contribution in [3.63, 3.8) is 0 Å². The van der Waals surface area contributed by atoms with Crippen LogP contribution in [0, 0.1) is 0 Å². The third-order valence-corrected chi connectivity index (χ3v) is 6.57. The minimum atomic E-state index is -1.51. The first kappa shape index (κ1) is 27.3. The van der Waals surface area contributed by atoms with Crippen LogP contribution in [-0.4, -0.2) is 51.6 Å². The molecule has 0 radical (unpaired) electrons. The van der Waals surface area contributed by atoms with Gasteiger partial charge in [-0.1, -0.05) is 36.4 Å². The van der Waals surface area contributed by atoms with Gasteiger partial charge in [-0.2, -0.15) is 0 Å². The van der Waals surface area contributed by atoms with E-state index in [1.807, 2.05) is 78.9 Å². The monoisotopic (exact) mass is 517 g/mol. The molecule has 1 heterocycles. The van der Waals surface area contributed by atoms with Gasteiger partial charge in [0.2, 0.25) is 0 Å². The molecule has 0 amide bonds. The van der Waals surface area contributed by atoms with Crippen LogP contribution in [-0.2, 0) is 23.4 Å². The van der Waals surface area contributed by atoms with Crippen molar-refractivity contribution in [3.05, 3.63) is 113 Å². The van der Waals surface area contributed by atoms with E-state index in [0.29, 0.717) is 54.6 Å². The van der Waals surface area contributed by atoms with Crippen molar-refractivity contribution >= 4 is 0 Å².